The lowest BCUT2D eigenvalue weighted by Crippen LogP contribution is -2.28. The van der Waals surface area contributed by atoms with Crippen LogP contribution in [0, 0.1) is 11.8 Å². The summed E-state index contributed by atoms with van der Waals surface area (Å²) in [4.78, 5) is 29.0. The fourth-order valence-corrected chi connectivity index (χ4v) is 3.88. The summed E-state index contributed by atoms with van der Waals surface area (Å²) in [7, 11) is 0. The summed E-state index contributed by atoms with van der Waals surface area (Å²) in [5.74, 6) is -2.04. The summed E-state index contributed by atoms with van der Waals surface area (Å²) in [5, 5.41) is 10.4. The maximum absolute atomic E-state index is 13.0. The van der Waals surface area contributed by atoms with E-state index in [2.05, 4.69) is 4.98 Å². The van der Waals surface area contributed by atoms with Crippen LogP contribution < -0.4 is 0 Å². The Morgan fingerprint density at radius 1 is 1.30 bits per heavy atom. The van der Waals surface area contributed by atoms with Crippen molar-refractivity contribution < 1.29 is 32.6 Å². The van der Waals surface area contributed by atoms with Gasteiger partial charge < -0.3 is 9.84 Å². The third-order valence-electron chi connectivity index (χ3n) is 4.89. The first kappa shape index (κ1) is 20.2. The first-order chi connectivity index (χ1) is 12.7. The zero-order valence-corrected chi connectivity index (χ0v) is 16.3. The first-order valence-electron chi connectivity index (χ1n) is 8.47. The van der Waals surface area contributed by atoms with Crippen molar-refractivity contribution in [3.63, 3.8) is 0 Å². The molecule has 0 aliphatic heterocycles. The highest BCUT2D eigenvalue weighted by atomic mass is 127. The summed E-state index contributed by atoms with van der Waals surface area (Å²) in [6.07, 6.45) is -2.93. The molecule has 2 aliphatic carbocycles. The molecule has 1 N–H and O–H groups in total. The second-order valence-corrected chi connectivity index (χ2v) is 7.67. The topological polar surface area (TPSA) is 76.5 Å². The fourth-order valence-electron chi connectivity index (χ4n) is 3.56. The lowest BCUT2D eigenvalue weighted by atomic mass is 9.83. The van der Waals surface area contributed by atoms with Crippen LogP contribution in [-0.4, -0.2) is 32.7 Å². The van der Waals surface area contributed by atoms with Crippen molar-refractivity contribution >= 4 is 34.2 Å². The van der Waals surface area contributed by atoms with Gasteiger partial charge in [-0.05, 0) is 31.4 Å². The molecule has 1 aromatic heterocycles. The SMILES string of the molecule is O=C(C1=C(O)C2CCC(C2)C1=O)c1ccc(C(F)(F)F)nc1COCCI. The van der Waals surface area contributed by atoms with Crippen molar-refractivity contribution in [1.29, 1.82) is 0 Å². The number of ketones is 2. The van der Waals surface area contributed by atoms with Crippen molar-refractivity contribution in [2.24, 2.45) is 11.8 Å². The molecule has 0 spiro atoms. The summed E-state index contributed by atoms with van der Waals surface area (Å²) < 4.78 is 44.8. The summed E-state index contributed by atoms with van der Waals surface area (Å²) >= 11 is 2.05. The van der Waals surface area contributed by atoms with E-state index in [0.29, 0.717) is 29.8 Å². The molecule has 27 heavy (non-hydrogen) atoms. The average Bonchev–Trinajstić information content (AvgIpc) is 3.07. The Kier molecular flexibility index (Phi) is 5.90. The quantitative estimate of drug-likeness (QED) is 0.212. The third-order valence-corrected chi connectivity index (χ3v) is 5.33. The normalized spacial score (nSPS) is 22.4. The van der Waals surface area contributed by atoms with Gasteiger partial charge in [-0.3, -0.25) is 9.59 Å². The monoisotopic (exact) mass is 495 g/mol. The lowest BCUT2D eigenvalue weighted by Gasteiger charge is -2.21. The number of pyridine rings is 1. The van der Waals surface area contributed by atoms with Crippen LogP contribution in [0.25, 0.3) is 0 Å². The molecule has 1 heterocycles. The lowest BCUT2D eigenvalue weighted by molar-refractivity contribution is -0.141. The van der Waals surface area contributed by atoms with Gasteiger partial charge in [0.1, 0.15) is 17.0 Å². The Morgan fingerprint density at radius 2 is 2.00 bits per heavy atom. The molecule has 146 valence electrons. The minimum absolute atomic E-state index is 0.146. The number of aliphatic hydroxyl groups is 1. The first-order valence-corrected chi connectivity index (χ1v) is 9.99. The number of alkyl halides is 4. The molecule has 0 saturated heterocycles. The Balaban J connectivity index is 2.00. The second-order valence-electron chi connectivity index (χ2n) is 6.59. The van der Waals surface area contributed by atoms with E-state index in [1.165, 1.54) is 0 Å². The third kappa shape index (κ3) is 4.03. The summed E-state index contributed by atoms with van der Waals surface area (Å²) in [6, 6.07) is 1.71. The van der Waals surface area contributed by atoms with Crippen LogP contribution in [0.5, 0.6) is 0 Å². The van der Waals surface area contributed by atoms with Crippen LogP contribution in [0.4, 0.5) is 13.2 Å². The van der Waals surface area contributed by atoms with Gasteiger partial charge in [0.2, 0.25) is 5.78 Å². The van der Waals surface area contributed by atoms with Crippen molar-refractivity contribution in [2.75, 3.05) is 11.0 Å². The van der Waals surface area contributed by atoms with Gasteiger partial charge in [-0.15, -0.1) is 0 Å². The average molecular weight is 495 g/mol. The minimum atomic E-state index is -4.67. The van der Waals surface area contributed by atoms with E-state index < -0.39 is 23.4 Å². The van der Waals surface area contributed by atoms with E-state index in [1.807, 2.05) is 22.6 Å². The highest BCUT2D eigenvalue weighted by Gasteiger charge is 2.44. The van der Waals surface area contributed by atoms with E-state index in [1.54, 1.807) is 0 Å². The van der Waals surface area contributed by atoms with Gasteiger partial charge in [-0.1, -0.05) is 22.6 Å². The molecule has 2 bridgehead atoms. The molecule has 1 fully saturated rings. The molecular formula is C18H17F3INO4. The standard InChI is InChI=1S/C18H17F3INO4/c19-18(20,21)13-4-3-11(12(23-13)8-27-6-5-22)17(26)14-15(24)9-1-2-10(7-9)16(14)25/h3-4,9-10,24H,1-2,5-8H2. The van der Waals surface area contributed by atoms with Crippen LogP contribution in [0.15, 0.2) is 23.5 Å². The van der Waals surface area contributed by atoms with E-state index in [-0.39, 0.29) is 47.6 Å². The van der Waals surface area contributed by atoms with Gasteiger partial charge in [0, 0.05) is 21.8 Å². The molecule has 5 nitrogen and oxygen atoms in total. The van der Waals surface area contributed by atoms with Gasteiger partial charge in [-0.2, -0.15) is 13.2 Å². The predicted octanol–water partition coefficient (Wildman–Crippen LogP) is 4.05. The molecule has 2 atom stereocenters. The van der Waals surface area contributed by atoms with Crippen molar-refractivity contribution in [2.45, 2.75) is 32.0 Å². The van der Waals surface area contributed by atoms with E-state index in [0.717, 1.165) is 6.07 Å². The maximum Gasteiger partial charge on any atom is 0.433 e. The van der Waals surface area contributed by atoms with Crippen LogP contribution >= 0.6 is 22.6 Å². The van der Waals surface area contributed by atoms with Gasteiger partial charge in [0.25, 0.3) is 0 Å². The Hall–Kier alpha value is -1.49. The van der Waals surface area contributed by atoms with Gasteiger partial charge in [0.15, 0.2) is 5.78 Å². The molecule has 9 heteroatoms. The molecular weight excluding hydrogens is 478 g/mol. The van der Waals surface area contributed by atoms with Gasteiger partial charge in [0.05, 0.1) is 18.9 Å². The van der Waals surface area contributed by atoms with E-state index in [9.17, 15) is 27.9 Å². The molecule has 3 rings (SSSR count). The number of halogens is 4. The summed E-state index contributed by atoms with van der Waals surface area (Å²) in [6.45, 7) is -0.00771. The second kappa shape index (κ2) is 7.86. The molecule has 0 aromatic carbocycles. The highest BCUT2D eigenvalue weighted by molar-refractivity contribution is 14.1. The number of carbonyl (C=O) groups is 2. The molecule has 2 aliphatic rings. The predicted molar refractivity (Wildman–Crippen MR) is 97.6 cm³/mol. The Labute approximate surface area is 167 Å². The molecule has 2 unspecified atom stereocenters. The number of hydrogen-bond donors (Lipinski definition) is 1. The van der Waals surface area contributed by atoms with Crippen molar-refractivity contribution in [3.05, 3.63) is 40.4 Å². The van der Waals surface area contributed by atoms with E-state index >= 15 is 0 Å². The van der Waals surface area contributed by atoms with Gasteiger partial charge in [-0.25, -0.2) is 4.98 Å². The number of aliphatic hydroxyl groups excluding tert-OH is 1. The van der Waals surface area contributed by atoms with Crippen molar-refractivity contribution in [3.8, 4) is 0 Å². The van der Waals surface area contributed by atoms with Gasteiger partial charge >= 0.3 is 6.18 Å². The molecule has 1 aromatic rings. The number of allylic oxidation sites excluding steroid dienone is 2. The number of ether oxygens (including phenoxy) is 1. The largest absolute Gasteiger partial charge is 0.511 e. The smallest absolute Gasteiger partial charge is 0.433 e. The van der Waals surface area contributed by atoms with Crippen LogP contribution in [-0.2, 0) is 22.3 Å². The number of hydrogen-bond acceptors (Lipinski definition) is 5. The zero-order chi connectivity index (χ0) is 19.8. The van der Waals surface area contributed by atoms with Crippen molar-refractivity contribution in [1.82, 2.24) is 4.98 Å². The Bertz CT molecular complexity index is 806. The molecule has 1 saturated carbocycles. The molecule has 0 radical (unpaired) electrons. The van der Waals surface area contributed by atoms with Crippen LogP contribution in [0.3, 0.4) is 0 Å². The van der Waals surface area contributed by atoms with Crippen LogP contribution in [0.2, 0.25) is 0 Å². The van der Waals surface area contributed by atoms with Crippen LogP contribution in [0.1, 0.15) is 41.0 Å². The van der Waals surface area contributed by atoms with E-state index in [4.69, 9.17) is 4.74 Å². The number of rotatable bonds is 6. The number of Topliss-reactive ketones (excluding diaryl/α,β-unsaturated/α-hetero) is 2. The number of aromatic nitrogens is 1. The minimum Gasteiger partial charge on any atom is -0.511 e. The summed E-state index contributed by atoms with van der Waals surface area (Å²) in [5.41, 5.74) is -1.79. The highest BCUT2D eigenvalue weighted by Crippen LogP contribution is 2.43. The Morgan fingerprint density at radius 3 is 2.67 bits per heavy atom. The number of nitrogens with zero attached hydrogens (tertiary/aromatic N) is 1. The number of carbonyl (C=O) groups excluding carboxylic acids is 2. The fraction of sp³-hybridized carbons (Fsp3) is 0.500. The number of fused-ring (bicyclic) bond motifs is 2. The zero-order valence-electron chi connectivity index (χ0n) is 14.2. The maximum atomic E-state index is 13.0. The molecule has 0 amide bonds.